The van der Waals surface area contributed by atoms with Crippen LogP contribution in [0, 0.1) is 0 Å². The van der Waals surface area contributed by atoms with Crippen LogP contribution in [0.25, 0.3) is 0 Å². The molecule has 1 saturated heterocycles. The Labute approximate surface area is 109 Å². The molecule has 0 aromatic heterocycles. The first-order valence-corrected chi connectivity index (χ1v) is 7.45. The Morgan fingerprint density at radius 1 is 1.22 bits per heavy atom. The quantitative estimate of drug-likeness (QED) is 0.762. The van der Waals surface area contributed by atoms with Crippen LogP contribution in [0.4, 0.5) is 0 Å². The molecule has 2 N–H and O–H groups in total. The van der Waals surface area contributed by atoms with E-state index in [-0.39, 0.29) is 11.9 Å². The maximum absolute atomic E-state index is 11.9. The molecule has 0 radical (unpaired) electrons. The van der Waals surface area contributed by atoms with Gasteiger partial charge in [-0.3, -0.25) is 9.69 Å². The van der Waals surface area contributed by atoms with E-state index in [9.17, 15) is 4.79 Å². The van der Waals surface area contributed by atoms with Gasteiger partial charge in [-0.25, -0.2) is 0 Å². The molecule has 0 bridgehead atoms. The van der Waals surface area contributed by atoms with Crippen LogP contribution in [0.15, 0.2) is 0 Å². The highest BCUT2D eigenvalue weighted by Gasteiger charge is 2.39. The lowest BCUT2D eigenvalue weighted by Gasteiger charge is -2.21. The van der Waals surface area contributed by atoms with Crippen LogP contribution in [-0.4, -0.2) is 47.6 Å². The smallest absolute Gasteiger partial charge is 0.237 e. The van der Waals surface area contributed by atoms with E-state index in [4.69, 9.17) is 0 Å². The molecule has 3 aliphatic rings. The number of carbonyl (C=O) groups excluding carboxylic acids is 1. The highest BCUT2D eigenvalue weighted by Crippen LogP contribution is 2.33. The van der Waals surface area contributed by atoms with Gasteiger partial charge in [-0.05, 0) is 46.0 Å². The Morgan fingerprint density at radius 2 is 1.94 bits per heavy atom. The molecule has 1 amide bonds. The standard InChI is InChI=1S/C14H25N3O/c1-9-7-12(8-17(9)13-5-6-13)15-10(2)14(18)16-11-3-4-11/h9-13,15H,3-8H2,1-2H3,(H,16,18). The molecule has 3 fully saturated rings. The minimum Gasteiger partial charge on any atom is -0.352 e. The monoisotopic (exact) mass is 251 g/mol. The number of nitrogens with zero attached hydrogens (tertiary/aromatic N) is 1. The zero-order valence-electron chi connectivity index (χ0n) is 11.5. The number of amides is 1. The molecule has 1 heterocycles. The van der Waals surface area contributed by atoms with Crippen molar-refractivity contribution >= 4 is 5.91 Å². The lowest BCUT2D eigenvalue weighted by atomic mass is 10.1. The molecule has 4 nitrogen and oxygen atoms in total. The Bertz CT molecular complexity index is 325. The molecule has 102 valence electrons. The molecule has 1 aliphatic heterocycles. The van der Waals surface area contributed by atoms with Crippen molar-refractivity contribution < 1.29 is 4.79 Å². The van der Waals surface area contributed by atoms with Crippen molar-refractivity contribution in [3.63, 3.8) is 0 Å². The average Bonchev–Trinajstić information content (AvgIpc) is 3.20. The molecule has 0 aromatic rings. The molecule has 3 atom stereocenters. The predicted octanol–water partition coefficient (Wildman–Crippen LogP) is 0.868. The maximum Gasteiger partial charge on any atom is 0.237 e. The second-order valence-electron chi connectivity index (χ2n) is 6.38. The van der Waals surface area contributed by atoms with Gasteiger partial charge in [0, 0.05) is 30.7 Å². The van der Waals surface area contributed by atoms with Gasteiger partial charge in [0.2, 0.25) is 5.91 Å². The number of rotatable bonds is 5. The van der Waals surface area contributed by atoms with Crippen molar-refractivity contribution in [1.29, 1.82) is 0 Å². The first kappa shape index (κ1) is 12.4. The lowest BCUT2D eigenvalue weighted by Crippen LogP contribution is -2.48. The van der Waals surface area contributed by atoms with Crippen LogP contribution in [0.2, 0.25) is 0 Å². The van der Waals surface area contributed by atoms with Crippen LogP contribution >= 0.6 is 0 Å². The SMILES string of the molecule is CC(NC1CC(C)N(C2CC2)C1)C(=O)NC1CC1. The van der Waals surface area contributed by atoms with Crippen LogP contribution in [-0.2, 0) is 4.79 Å². The van der Waals surface area contributed by atoms with E-state index in [1.54, 1.807) is 0 Å². The van der Waals surface area contributed by atoms with E-state index >= 15 is 0 Å². The summed E-state index contributed by atoms with van der Waals surface area (Å²) in [6.45, 7) is 5.42. The number of hydrogen-bond acceptors (Lipinski definition) is 3. The fraction of sp³-hybridized carbons (Fsp3) is 0.929. The number of likely N-dealkylation sites (tertiary alicyclic amines) is 1. The van der Waals surface area contributed by atoms with Gasteiger partial charge < -0.3 is 10.6 Å². The molecule has 4 heteroatoms. The van der Waals surface area contributed by atoms with E-state index in [1.807, 2.05) is 6.92 Å². The minimum absolute atomic E-state index is 0.0537. The van der Waals surface area contributed by atoms with E-state index in [2.05, 4.69) is 22.5 Å². The van der Waals surface area contributed by atoms with E-state index < -0.39 is 0 Å². The fourth-order valence-electron chi connectivity index (χ4n) is 3.08. The van der Waals surface area contributed by atoms with Crippen molar-refractivity contribution in [2.45, 2.75) is 76.2 Å². The summed E-state index contributed by atoms with van der Waals surface area (Å²) in [4.78, 5) is 14.5. The molecule has 3 rings (SSSR count). The highest BCUT2D eigenvalue weighted by molar-refractivity contribution is 5.81. The van der Waals surface area contributed by atoms with Gasteiger partial charge >= 0.3 is 0 Å². The summed E-state index contributed by atoms with van der Waals surface area (Å²) in [5.74, 6) is 0.176. The predicted molar refractivity (Wildman–Crippen MR) is 71.4 cm³/mol. The average molecular weight is 251 g/mol. The summed E-state index contributed by atoms with van der Waals surface area (Å²) in [6, 6.07) is 2.41. The molecule has 3 unspecified atom stereocenters. The second-order valence-corrected chi connectivity index (χ2v) is 6.38. The summed E-state index contributed by atoms with van der Waals surface area (Å²) in [7, 11) is 0. The lowest BCUT2D eigenvalue weighted by molar-refractivity contribution is -0.123. The number of nitrogens with one attached hydrogen (secondary N) is 2. The normalized spacial score (nSPS) is 34.6. The fourth-order valence-corrected chi connectivity index (χ4v) is 3.08. The molecule has 2 aliphatic carbocycles. The van der Waals surface area contributed by atoms with Crippen molar-refractivity contribution in [2.75, 3.05) is 6.54 Å². The molecular weight excluding hydrogens is 226 g/mol. The molecule has 2 saturated carbocycles. The topological polar surface area (TPSA) is 44.4 Å². The Hall–Kier alpha value is -0.610. The van der Waals surface area contributed by atoms with Gasteiger partial charge in [0.05, 0.1) is 6.04 Å². The van der Waals surface area contributed by atoms with Gasteiger partial charge in [0.25, 0.3) is 0 Å². The highest BCUT2D eigenvalue weighted by atomic mass is 16.2. The van der Waals surface area contributed by atoms with Crippen LogP contribution in [0.1, 0.15) is 46.0 Å². The summed E-state index contributed by atoms with van der Waals surface area (Å²) in [5.41, 5.74) is 0. The first-order chi connectivity index (χ1) is 8.63. The Kier molecular flexibility index (Phi) is 3.32. The third-order valence-corrected chi connectivity index (χ3v) is 4.44. The van der Waals surface area contributed by atoms with Crippen LogP contribution in [0.5, 0.6) is 0 Å². The zero-order valence-corrected chi connectivity index (χ0v) is 11.5. The van der Waals surface area contributed by atoms with Gasteiger partial charge in [0.1, 0.15) is 0 Å². The van der Waals surface area contributed by atoms with Crippen molar-refractivity contribution in [3.8, 4) is 0 Å². The molecular formula is C14H25N3O. The third-order valence-electron chi connectivity index (χ3n) is 4.44. The summed E-state index contributed by atoms with van der Waals surface area (Å²) in [5, 5.41) is 6.57. The minimum atomic E-state index is -0.0537. The zero-order chi connectivity index (χ0) is 12.7. The number of carbonyl (C=O) groups is 1. The van der Waals surface area contributed by atoms with Crippen LogP contribution < -0.4 is 10.6 Å². The maximum atomic E-state index is 11.9. The summed E-state index contributed by atoms with van der Waals surface area (Å²) >= 11 is 0. The van der Waals surface area contributed by atoms with Crippen molar-refractivity contribution in [2.24, 2.45) is 0 Å². The van der Waals surface area contributed by atoms with Crippen molar-refractivity contribution in [1.82, 2.24) is 15.5 Å². The van der Waals surface area contributed by atoms with E-state index in [0.29, 0.717) is 18.1 Å². The van der Waals surface area contributed by atoms with Crippen LogP contribution in [0.3, 0.4) is 0 Å². The van der Waals surface area contributed by atoms with Gasteiger partial charge in [-0.2, -0.15) is 0 Å². The van der Waals surface area contributed by atoms with E-state index in [1.165, 1.54) is 19.3 Å². The summed E-state index contributed by atoms with van der Waals surface area (Å²) < 4.78 is 0. The largest absolute Gasteiger partial charge is 0.352 e. The van der Waals surface area contributed by atoms with Gasteiger partial charge in [-0.15, -0.1) is 0 Å². The Balaban J connectivity index is 1.45. The van der Waals surface area contributed by atoms with Gasteiger partial charge in [-0.1, -0.05) is 0 Å². The molecule has 18 heavy (non-hydrogen) atoms. The molecule has 0 aromatic carbocycles. The first-order valence-electron chi connectivity index (χ1n) is 7.45. The van der Waals surface area contributed by atoms with Crippen molar-refractivity contribution in [3.05, 3.63) is 0 Å². The van der Waals surface area contributed by atoms with E-state index in [0.717, 1.165) is 25.4 Å². The molecule has 0 spiro atoms. The Morgan fingerprint density at radius 3 is 2.56 bits per heavy atom. The summed E-state index contributed by atoms with van der Waals surface area (Å²) in [6.07, 6.45) is 6.24. The number of hydrogen-bond donors (Lipinski definition) is 2. The third kappa shape index (κ3) is 2.86. The van der Waals surface area contributed by atoms with Gasteiger partial charge in [0.15, 0.2) is 0 Å². The second kappa shape index (κ2) is 4.82.